The number of nitrogens with one attached hydrogen (secondary N) is 2. The fourth-order valence-electron chi connectivity index (χ4n) is 3.31. The van der Waals surface area contributed by atoms with Crippen molar-refractivity contribution in [3.63, 3.8) is 0 Å². The van der Waals surface area contributed by atoms with E-state index in [1.807, 2.05) is 19.2 Å². The molecule has 1 amide bonds. The van der Waals surface area contributed by atoms with E-state index < -0.39 is 33.5 Å². The Kier molecular flexibility index (Phi) is 7.55. The van der Waals surface area contributed by atoms with Gasteiger partial charge in [0.15, 0.2) is 5.13 Å². The SMILES string of the molecule is C[C@@H]1CN(Cc2csc(NC(=O)c3cccc(S(=O)(=O)NCC(F)(F)F)c3)n2)C[C@H](C)O1. The van der Waals surface area contributed by atoms with Crippen LogP contribution in [0.4, 0.5) is 18.3 Å². The van der Waals surface area contributed by atoms with Crippen LogP contribution in [0.1, 0.15) is 29.9 Å². The van der Waals surface area contributed by atoms with Crippen molar-refractivity contribution in [2.45, 2.75) is 43.7 Å². The zero-order valence-corrected chi connectivity index (χ0v) is 19.0. The van der Waals surface area contributed by atoms with Gasteiger partial charge in [-0.05, 0) is 32.0 Å². The molecule has 13 heteroatoms. The quantitative estimate of drug-likeness (QED) is 0.617. The van der Waals surface area contributed by atoms with Crippen LogP contribution in [-0.4, -0.2) is 62.2 Å². The number of benzene rings is 1. The summed E-state index contributed by atoms with van der Waals surface area (Å²) in [5.41, 5.74) is 0.756. The van der Waals surface area contributed by atoms with Gasteiger partial charge in [0.1, 0.15) is 6.54 Å². The van der Waals surface area contributed by atoms with E-state index in [0.29, 0.717) is 11.7 Å². The molecule has 32 heavy (non-hydrogen) atoms. The number of halogens is 3. The van der Waals surface area contributed by atoms with Crippen LogP contribution in [0.5, 0.6) is 0 Å². The first-order valence-corrected chi connectivity index (χ1v) is 12.1. The number of morpholine rings is 1. The number of alkyl halides is 3. The van der Waals surface area contributed by atoms with Gasteiger partial charge >= 0.3 is 6.18 Å². The van der Waals surface area contributed by atoms with Gasteiger partial charge in [-0.15, -0.1) is 11.3 Å². The number of aromatic nitrogens is 1. The number of thiazole rings is 1. The Morgan fingerprint density at radius 3 is 2.62 bits per heavy atom. The number of rotatable bonds is 7. The van der Waals surface area contributed by atoms with Gasteiger partial charge in [0, 0.05) is 30.6 Å². The highest BCUT2D eigenvalue weighted by molar-refractivity contribution is 7.89. The zero-order chi connectivity index (χ0) is 23.5. The van der Waals surface area contributed by atoms with Gasteiger partial charge in [-0.2, -0.15) is 13.2 Å². The Labute approximate surface area is 187 Å². The summed E-state index contributed by atoms with van der Waals surface area (Å²) in [6, 6.07) is 4.77. The molecule has 2 aromatic rings. The van der Waals surface area contributed by atoms with Crippen molar-refractivity contribution in [3.8, 4) is 0 Å². The first-order chi connectivity index (χ1) is 14.9. The lowest BCUT2D eigenvalue weighted by Gasteiger charge is -2.34. The number of anilines is 1. The number of carbonyl (C=O) groups is 1. The van der Waals surface area contributed by atoms with Gasteiger partial charge in [-0.1, -0.05) is 6.07 Å². The summed E-state index contributed by atoms with van der Waals surface area (Å²) in [5, 5.41) is 4.76. The third-order valence-corrected chi connectivity index (χ3v) is 6.73. The van der Waals surface area contributed by atoms with E-state index in [0.717, 1.165) is 30.9 Å². The number of amides is 1. The average molecular weight is 493 g/mol. The predicted molar refractivity (Wildman–Crippen MR) is 113 cm³/mol. The van der Waals surface area contributed by atoms with E-state index in [2.05, 4.69) is 15.2 Å². The molecule has 3 rings (SSSR count). The van der Waals surface area contributed by atoms with Crippen LogP contribution in [-0.2, 0) is 21.3 Å². The number of nitrogens with zero attached hydrogens (tertiary/aromatic N) is 2. The predicted octanol–water partition coefficient (Wildman–Crippen LogP) is 2.85. The molecule has 0 saturated carbocycles. The maximum Gasteiger partial charge on any atom is 0.402 e. The van der Waals surface area contributed by atoms with E-state index in [-0.39, 0.29) is 17.8 Å². The molecule has 8 nitrogen and oxygen atoms in total. The molecule has 0 bridgehead atoms. The molecular weight excluding hydrogens is 469 g/mol. The van der Waals surface area contributed by atoms with Crippen LogP contribution in [0.15, 0.2) is 34.5 Å². The molecule has 2 heterocycles. The number of sulfonamides is 1. The van der Waals surface area contributed by atoms with Gasteiger partial charge in [-0.3, -0.25) is 15.0 Å². The van der Waals surface area contributed by atoms with Crippen molar-refractivity contribution in [1.29, 1.82) is 0 Å². The largest absolute Gasteiger partial charge is 0.402 e. The molecule has 1 aliphatic heterocycles. The van der Waals surface area contributed by atoms with Crippen LogP contribution in [0, 0.1) is 0 Å². The third kappa shape index (κ3) is 6.97. The monoisotopic (exact) mass is 492 g/mol. The number of hydrogen-bond donors (Lipinski definition) is 2. The van der Waals surface area contributed by atoms with E-state index >= 15 is 0 Å². The van der Waals surface area contributed by atoms with Gasteiger partial charge in [-0.25, -0.2) is 18.1 Å². The Bertz CT molecular complexity index is 1050. The van der Waals surface area contributed by atoms with E-state index in [9.17, 15) is 26.4 Å². The van der Waals surface area contributed by atoms with E-state index in [1.165, 1.54) is 28.2 Å². The highest BCUT2D eigenvalue weighted by Gasteiger charge is 2.30. The molecule has 1 aliphatic rings. The lowest BCUT2D eigenvalue weighted by atomic mass is 10.2. The van der Waals surface area contributed by atoms with Gasteiger partial charge in [0.05, 0.1) is 22.8 Å². The molecule has 1 aromatic carbocycles. The maximum atomic E-state index is 12.5. The van der Waals surface area contributed by atoms with Gasteiger partial charge < -0.3 is 4.74 Å². The summed E-state index contributed by atoms with van der Waals surface area (Å²) in [5.74, 6) is -0.618. The van der Waals surface area contributed by atoms with Crippen molar-refractivity contribution in [1.82, 2.24) is 14.6 Å². The Hall–Kier alpha value is -2.06. The minimum atomic E-state index is -4.69. The molecule has 0 radical (unpaired) electrons. The van der Waals surface area contributed by atoms with Crippen molar-refractivity contribution in [2.24, 2.45) is 0 Å². The molecule has 0 aliphatic carbocycles. The minimum Gasteiger partial charge on any atom is -0.373 e. The summed E-state index contributed by atoms with van der Waals surface area (Å²) in [7, 11) is -4.42. The number of ether oxygens (including phenoxy) is 1. The average Bonchev–Trinajstić information content (AvgIpc) is 3.12. The van der Waals surface area contributed by atoms with Gasteiger partial charge in [0.2, 0.25) is 10.0 Å². The molecule has 2 N–H and O–H groups in total. The molecule has 1 saturated heterocycles. The molecule has 1 fully saturated rings. The highest BCUT2D eigenvalue weighted by Crippen LogP contribution is 2.21. The minimum absolute atomic E-state index is 0.0209. The molecule has 0 spiro atoms. The fraction of sp³-hybridized carbons (Fsp3) is 0.474. The molecule has 0 unspecified atom stereocenters. The summed E-state index contributed by atoms with van der Waals surface area (Å²) in [6.45, 7) is 4.45. The summed E-state index contributed by atoms with van der Waals surface area (Å²) < 4.78 is 68.3. The highest BCUT2D eigenvalue weighted by atomic mass is 32.2. The van der Waals surface area contributed by atoms with Crippen LogP contribution >= 0.6 is 11.3 Å². The molecule has 2 atom stereocenters. The molecule has 176 valence electrons. The van der Waals surface area contributed by atoms with E-state index in [4.69, 9.17) is 4.74 Å². The topological polar surface area (TPSA) is 101 Å². The van der Waals surface area contributed by atoms with E-state index in [1.54, 1.807) is 0 Å². The second kappa shape index (κ2) is 9.83. The number of carbonyl (C=O) groups excluding carboxylic acids is 1. The van der Waals surface area contributed by atoms with Crippen LogP contribution < -0.4 is 10.0 Å². The lowest BCUT2D eigenvalue weighted by Crippen LogP contribution is -2.44. The third-order valence-electron chi connectivity index (χ3n) is 4.52. The van der Waals surface area contributed by atoms with Crippen LogP contribution in [0.3, 0.4) is 0 Å². The standard InChI is InChI=1S/C19H23F3N4O4S2/c1-12-7-26(8-13(2)30-12)9-15-10-31-18(24-15)25-17(27)14-4-3-5-16(6-14)32(28,29)23-11-19(20,21)22/h3-6,10,12-13,23H,7-9,11H2,1-2H3,(H,24,25,27)/t12-,13+. The summed E-state index contributed by atoms with van der Waals surface area (Å²) in [4.78, 5) is 18.7. The van der Waals surface area contributed by atoms with Crippen molar-refractivity contribution >= 4 is 32.4 Å². The zero-order valence-electron chi connectivity index (χ0n) is 17.3. The molecular formula is C19H23F3N4O4S2. The summed E-state index contributed by atoms with van der Waals surface area (Å²) in [6.07, 6.45) is -4.46. The Balaban J connectivity index is 1.63. The smallest absolute Gasteiger partial charge is 0.373 e. The van der Waals surface area contributed by atoms with Crippen LogP contribution in [0.2, 0.25) is 0 Å². The van der Waals surface area contributed by atoms with Crippen molar-refractivity contribution < 1.29 is 31.1 Å². The second-order valence-electron chi connectivity index (χ2n) is 7.52. The first-order valence-electron chi connectivity index (χ1n) is 9.71. The first kappa shape index (κ1) is 24.6. The maximum absolute atomic E-state index is 12.5. The van der Waals surface area contributed by atoms with Crippen molar-refractivity contribution in [3.05, 3.63) is 40.9 Å². The lowest BCUT2D eigenvalue weighted by molar-refractivity contribution is -0.121. The van der Waals surface area contributed by atoms with Gasteiger partial charge in [0.25, 0.3) is 5.91 Å². The number of hydrogen-bond acceptors (Lipinski definition) is 7. The second-order valence-corrected chi connectivity index (χ2v) is 10.1. The normalized spacial score (nSPS) is 20.3. The fourth-order valence-corrected chi connectivity index (χ4v) is 5.07. The Morgan fingerprint density at radius 2 is 1.97 bits per heavy atom. The van der Waals surface area contributed by atoms with Crippen LogP contribution in [0.25, 0.3) is 0 Å². The molecule has 1 aromatic heterocycles. The summed E-state index contributed by atoms with van der Waals surface area (Å²) >= 11 is 1.23. The Morgan fingerprint density at radius 1 is 1.28 bits per heavy atom. The van der Waals surface area contributed by atoms with Crippen molar-refractivity contribution in [2.75, 3.05) is 25.0 Å².